The van der Waals surface area contributed by atoms with E-state index in [0.29, 0.717) is 24.9 Å². The van der Waals surface area contributed by atoms with Crippen molar-refractivity contribution >= 4 is 11.5 Å². The van der Waals surface area contributed by atoms with Gasteiger partial charge < -0.3 is 20.0 Å². The van der Waals surface area contributed by atoms with Crippen LogP contribution in [0, 0.1) is 5.92 Å². The lowest BCUT2D eigenvalue weighted by atomic mass is 9.72. The number of ether oxygens (including phenoxy) is 1. The summed E-state index contributed by atoms with van der Waals surface area (Å²) in [7, 11) is 1.69. The van der Waals surface area contributed by atoms with Crippen LogP contribution in [0.5, 0.6) is 0 Å². The van der Waals surface area contributed by atoms with Crippen molar-refractivity contribution in [2.45, 2.75) is 26.2 Å². The molecule has 3 aromatic rings. The molecule has 0 amide bonds. The number of nitrogen functional groups attached to an aromatic ring is 1. The molecule has 3 heterocycles. The van der Waals surface area contributed by atoms with Crippen LogP contribution in [0.3, 0.4) is 0 Å². The molecule has 0 bridgehead atoms. The second-order valence-electron chi connectivity index (χ2n) is 8.36. The number of benzene rings is 1. The third kappa shape index (κ3) is 4.21. The number of aromatic nitrogens is 4. The van der Waals surface area contributed by atoms with Crippen LogP contribution in [-0.2, 0) is 10.2 Å². The van der Waals surface area contributed by atoms with Gasteiger partial charge in [-0.05, 0) is 24.0 Å². The van der Waals surface area contributed by atoms with Gasteiger partial charge in [-0.25, -0.2) is 15.4 Å². The minimum absolute atomic E-state index is 0.243. The molecule has 0 aliphatic carbocycles. The predicted octanol–water partition coefficient (Wildman–Crippen LogP) is 2.88. The van der Waals surface area contributed by atoms with Crippen molar-refractivity contribution in [3.63, 3.8) is 0 Å². The summed E-state index contributed by atoms with van der Waals surface area (Å²) in [6.45, 7) is 8.51. The maximum atomic E-state index is 5.67. The van der Waals surface area contributed by atoms with E-state index in [1.807, 2.05) is 11.2 Å². The molecule has 1 aliphatic heterocycles. The maximum Gasteiger partial charge on any atom is 0.256 e. The number of rotatable bonds is 8. The van der Waals surface area contributed by atoms with Crippen molar-refractivity contribution in [2.75, 3.05) is 32.5 Å². The lowest BCUT2D eigenvalue weighted by Crippen LogP contribution is -2.31. The van der Waals surface area contributed by atoms with Crippen LogP contribution in [-0.4, -0.2) is 51.9 Å². The first kappa shape index (κ1) is 21.9. The first-order chi connectivity index (χ1) is 15.4. The van der Waals surface area contributed by atoms with Gasteiger partial charge in [-0.2, -0.15) is 4.98 Å². The third-order valence-electron chi connectivity index (χ3n) is 6.13. The molecule has 1 atom stereocenters. The minimum Gasteiger partial charge on any atom is -0.383 e. The fourth-order valence-electron chi connectivity index (χ4n) is 3.71. The monoisotopic (exact) mass is 435 g/mol. The molecule has 0 spiro atoms. The molecule has 32 heavy (non-hydrogen) atoms. The predicted molar refractivity (Wildman–Crippen MR) is 122 cm³/mol. The highest BCUT2D eigenvalue weighted by Crippen LogP contribution is 2.38. The Bertz CT molecular complexity index is 1080. The highest BCUT2D eigenvalue weighted by molar-refractivity contribution is 5.63. The number of hydrazine groups is 1. The summed E-state index contributed by atoms with van der Waals surface area (Å²) >= 11 is 0. The van der Waals surface area contributed by atoms with E-state index < -0.39 is 5.41 Å². The largest absolute Gasteiger partial charge is 0.383 e. The molecule has 9 heteroatoms. The fourth-order valence-corrected chi connectivity index (χ4v) is 3.71. The molecule has 0 saturated heterocycles. The lowest BCUT2D eigenvalue weighted by molar-refractivity contribution is 0.155. The summed E-state index contributed by atoms with van der Waals surface area (Å²) in [5.74, 6) is 1.71. The molecule has 1 aliphatic rings. The Balaban J connectivity index is 1.60. The Hall–Kier alpha value is -3.30. The topological polar surface area (TPSA) is 115 Å². The Morgan fingerprint density at radius 2 is 1.91 bits per heavy atom. The molecular weight excluding hydrogens is 406 g/mol. The molecule has 0 radical (unpaired) electrons. The van der Waals surface area contributed by atoms with Crippen LogP contribution < -0.4 is 11.2 Å². The van der Waals surface area contributed by atoms with Crippen molar-refractivity contribution < 1.29 is 9.26 Å². The fraction of sp³-hybridized carbons (Fsp3) is 0.391. The zero-order valence-corrected chi connectivity index (χ0v) is 18.9. The van der Waals surface area contributed by atoms with Gasteiger partial charge in [0.25, 0.3) is 5.89 Å². The molecule has 0 fully saturated rings. The number of hydrogen-bond acceptors (Lipinski definition) is 9. The van der Waals surface area contributed by atoms with Gasteiger partial charge in [-0.1, -0.05) is 43.3 Å². The molecule has 168 valence electrons. The summed E-state index contributed by atoms with van der Waals surface area (Å²) < 4.78 is 10.8. The molecule has 2 aromatic heterocycles. The first-order valence-electron chi connectivity index (χ1n) is 10.6. The van der Waals surface area contributed by atoms with Crippen molar-refractivity contribution in [3.8, 4) is 11.1 Å². The quantitative estimate of drug-likeness (QED) is 0.551. The maximum absolute atomic E-state index is 5.67. The standard InChI is InChI=1S/C23H29N7O2/c1-15(2)23(3,19-7-5-16(6-8-19)17-11-25-22(24)26-12-17)21-28-20(32-29-21)18-13-27-30(14-18)9-10-31-4/h5-8,11-12,14-15,27H,9-10,13H2,1-4H3,(H2,24,25,26)/t23-/m1/s1. The number of nitrogens with zero attached hydrogens (tertiary/aromatic N) is 5. The third-order valence-corrected chi connectivity index (χ3v) is 6.13. The smallest absolute Gasteiger partial charge is 0.256 e. The Morgan fingerprint density at radius 3 is 2.56 bits per heavy atom. The number of nitrogens with one attached hydrogen (secondary N) is 1. The van der Waals surface area contributed by atoms with Gasteiger partial charge in [-0.15, -0.1) is 0 Å². The summed E-state index contributed by atoms with van der Waals surface area (Å²) in [6, 6.07) is 8.32. The Morgan fingerprint density at radius 1 is 1.19 bits per heavy atom. The van der Waals surface area contributed by atoms with Crippen molar-refractivity contribution in [1.29, 1.82) is 0 Å². The van der Waals surface area contributed by atoms with Gasteiger partial charge in [0.15, 0.2) is 5.82 Å². The van der Waals surface area contributed by atoms with Gasteiger partial charge in [0.05, 0.1) is 24.1 Å². The van der Waals surface area contributed by atoms with E-state index in [4.69, 9.17) is 20.0 Å². The van der Waals surface area contributed by atoms with E-state index in [-0.39, 0.29) is 11.9 Å². The zero-order valence-electron chi connectivity index (χ0n) is 18.9. The number of hydrogen-bond donors (Lipinski definition) is 2. The second kappa shape index (κ2) is 9.05. The molecule has 1 aromatic carbocycles. The minimum atomic E-state index is -0.416. The molecule has 0 unspecified atom stereocenters. The van der Waals surface area contributed by atoms with Gasteiger partial charge in [0, 0.05) is 37.8 Å². The molecule has 0 saturated carbocycles. The summed E-state index contributed by atoms with van der Waals surface area (Å²) in [4.78, 5) is 12.9. The Labute approximate surface area is 187 Å². The number of methoxy groups -OCH3 is 1. The van der Waals surface area contributed by atoms with Gasteiger partial charge in [0.1, 0.15) is 0 Å². The van der Waals surface area contributed by atoms with Crippen LogP contribution in [0.1, 0.15) is 38.0 Å². The van der Waals surface area contributed by atoms with E-state index in [1.54, 1.807) is 19.5 Å². The zero-order chi connectivity index (χ0) is 22.7. The summed E-state index contributed by atoms with van der Waals surface area (Å²) in [5.41, 5.74) is 12.5. The van der Waals surface area contributed by atoms with Crippen LogP contribution in [0.4, 0.5) is 5.95 Å². The normalized spacial score (nSPS) is 15.8. The van der Waals surface area contributed by atoms with Crippen molar-refractivity contribution in [2.24, 2.45) is 5.92 Å². The Kier molecular flexibility index (Phi) is 6.20. The SMILES string of the molecule is COCCN1C=C(c2nc([C@@](C)(c3ccc(-c4cnc(N)nc4)cc3)C(C)C)no2)CN1. The van der Waals surface area contributed by atoms with E-state index >= 15 is 0 Å². The highest BCUT2D eigenvalue weighted by Gasteiger charge is 2.38. The van der Waals surface area contributed by atoms with E-state index in [2.05, 4.69) is 65.6 Å². The van der Waals surface area contributed by atoms with E-state index in [9.17, 15) is 0 Å². The van der Waals surface area contributed by atoms with E-state index in [1.165, 1.54) is 0 Å². The lowest BCUT2D eigenvalue weighted by Gasteiger charge is -2.31. The van der Waals surface area contributed by atoms with Crippen molar-refractivity contribution in [3.05, 3.63) is 60.1 Å². The first-order valence-corrected chi connectivity index (χ1v) is 10.6. The van der Waals surface area contributed by atoms with Gasteiger partial charge in [-0.3, -0.25) is 0 Å². The van der Waals surface area contributed by atoms with E-state index in [0.717, 1.165) is 28.8 Å². The molecule has 3 N–H and O–H groups in total. The average molecular weight is 436 g/mol. The van der Waals surface area contributed by atoms with Crippen LogP contribution >= 0.6 is 0 Å². The summed E-state index contributed by atoms with van der Waals surface area (Å²) in [6.07, 6.45) is 5.44. The number of anilines is 1. The summed E-state index contributed by atoms with van der Waals surface area (Å²) in [5, 5.41) is 6.35. The molecular formula is C23H29N7O2. The van der Waals surface area contributed by atoms with Crippen molar-refractivity contribution in [1.82, 2.24) is 30.5 Å². The molecule has 9 nitrogen and oxygen atoms in total. The second-order valence-corrected chi connectivity index (χ2v) is 8.36. The van der Waals surface area contributed by atoms with Crippen LogP contribution in [0.15, 0.2) is 47.4 Å². The average Bonchev–Trinajstić information content (AvgIpc) is 3.47. The molecule has 4 rings (SSSR count). The van der Waals surface area contributed by atoms with Crippen LogP contribution in [0.25, 0.3) is 16.7 Å². The van der Waals surface area contributed by atoms with Crippen LogP contribution in [0.2, 0.25) is 0 Å². The van der Waals surface area contributed by atoms with Gasteiger partial charge >= 0.3 is 0 Å². The number of nitrogens with two attached hydrogens (primary N) is 1. The highest BCUT2D eigenvalue weighted by atomic mass is 16.5. The van der Waals surface area contributed by atoms with Gasteiger partial charge in [0.2, 0.25) is 5.95 Å².